The molecule has 0 spiro atoms. The summed E-state index contributed by atoms with van der Waals surface area (Å²) >= 11 is 0. The second kappa shape index (κ2) is 6.71. The van der Waals surface area contributed by atoms with Gasteiger partial charge in [0.1, 0.15) is 4.90 Å². The Bertz CT molecular complexity index is 619. The van der Waals surface area contributed by atoms with Gasteiger partial charge in [-0.3, -0.25) is 14.1 Å². The predicted octanol–water partition coefficient (Wildman–Crippen LogP) is 0.0635. The van der Waals surface area contributed by atoms with Crippen LogP contribution in [-0.4, -0.2) is 48.0 Å². The normalized spacial score (nSPS) is 11.3. The average molecular weight is 302 g/mol. The molecule has 0 atom stereocenters. The number of ketones is 2. The van der Waals surface area contributed by atoms with Crippen molar-refractivity contribution in [3.05, 3.63) is 29.3 Å². The molecule has 0 fully saturated rings. The lowest BCUT2D eigenvalue weighted by Gasteiger charge is -2.08. The fourth-order valence-electron chi connectivity index (χ4n) is 1.63. The molecule has 1 rings (SSSR count). The molecule has 0 bridgehead atoms. The lowest BCUT2D eigenvalue weighted by molar-refractivity contribution is 0.0952. The van der Waals surface area contributed by atoms with Gasteiger partial charge in [0, 0.05) is 24.0 Å². The molecule has 0 heterocycles. The Morgan fingerprint density at radius 3 is 2.05 bits per heavy atom. The van der Waals surface area contributed by atoms with Gasteiger partial charge in [0.25, 0.3) is 10.1 Å². The van der Waals surface area contributed by atoms with Gasteiger partial charge in [0.2, 0.25) is 0 Å². The Balaban J connectivity index is 3.36. The second-order valence-electron chi connectivity index (χ2n) is 3.98. The summed E-state index contributed by atoms with van der Waals surface area (Å²) in [6.45, 7) is -0.864. The van der Waals surface area contributed by atoms with E-state index in [-0.39, 0.29) is 30.6 Å². The summed E-state index contributed by atoms with van der Waals surface area (Å²) in [6.07, 6.45) is -0.501. The zero-order chi connectivity index (χ0) is 15.3. The van der Waals surface area contributed by atoms with E-state index < -0.39 is 33.2 Å². The number of rotatable bonds is 7. The molecule has 8 heteroatoms. The molecule has 0 unspecified atom stereocenters. The van der Waals surface area contributed by atoms with Gasteiger partial charge in [0.05, 0.1) is 13.2 Å². The van der Waals surface area contributed by atoms with Crippen LogP contribution in [0, 0.1) is 0 Å². The summed E-state index contributed by atoms with van der Waals surface area (Å²) in [5.41, 5.74) is -0.307. The van der Waals surface area contributed by atoms with Crippen molar-refractivity contribution in [2.75, 3.05) is 13.2 Å². The first-order valence-corrected chi connectivity index (χ1v) is 7.15. The number of carbonyl (C=O) groups is 2. The van der Waals surface area contributed by atoms with Crippen LogP contribution >= 0.6 is 0 Å². The van der Waals surface area contributed by atoms with Crippen LogP contribution in [0.5, 0.6) is 0 Å². The predicted molar refractivity (Wildman–Crippen MR) is 68.3 cm³/mol. The molecule has 0 saturated carbocycles. The van der Waals surface area contributed by atoms with E-state index in [0.717, 1.165) is 18.2 Å². The van der Waals surface area contributed by atoms with Gasteiger partial charge in [-0.15, -0.1) is 0 Å². The lowest BCUT2D eigenvalue weighted by atomic mass is 10.0. The van der Waals surface area contributed by atoms with Crippen molar-refractivity contribution < 1.29 is 32.8 Å². The van der Waals surface area contributed by atoms with E-state index in [0.29, 0.717) is 0 Å². The second-order valence-corrected chi connectivity index (χ2v) is 5.37. The Hall–Kier alpha value is -1.61. The van der Waals surface area contributed by atoms with Crippen molar-refractivity contribution in [1.29, 1.82) is 0 Å². The van der Waals surface area contributed by atoms with Crippen LogP contribution in [0.1, 0.15) is 33.6 Å². The Morgan fingerprint density at radius 1 is 1.00 bits per heavy atom. The van der Waals surface area contributed by atoms with Crippen molar-refractivity contribution >= 4 is 21.7 Å². The number of hydrogen-bond acceptors (Lipinski definition) is 6. The summed E-state index contributed by atoms with van der Waals surface area (Å²) in [5, 5.41) is 17.4. The molecule has 110 valence electrons. The third-order valence-electron chi connectivity index (χ3n) is 2.56. The number of aliphatic hydroxyl groups is 2. The molecule has 0 saturated heterocycles. The van der Waals surface area contributed by atoms with Gasteiger partial charge in [-0.1, -0.05) is 0 Å². The molecule has 0 aromatic heterocycles. The summed E-state index contributed by atoms with van der Waals surface area (Å²) in [7, 11) is -4.61. The first-order valence-electron chi connectivity index (χ1n) is 5.71. The number of hydrogen-bond donors (Lipinski definition) is 3. The summed E-state index contributed by atoms with van der Waals surface area (Å²) < 4.78 is 31.4. The zero-order valence-electron chi connectivity index (χ0n) is 10.4. The van der Waals surface area contributed by atoms with Crippen LogP contribution in [0.25, 0.3) is 0 Å². The minimum absolute atomic E-state index is 0.0488. The largest absolute Gasteiger partial charge is 0.396 e. The Kier molecular flexibility index (Phi) is 5.52. The van der Waals surface area contributed by atoms with E-state index in [4.69, 9.17) is 14.8 Å². The zero-order valence-corrected chi connectivity index (χ0v) is 11.3. The fraction of sp³-hybridized carbons (Fsp3) is 0.333. The maximum absolute atomic E-state index is 11.7. The molecule has 0 aliphatic heterocycles. The maximum atomic E-state index is 11.7. The van der Waals surface area contributed by atoms with Gasteiger partial charge < -0.3 is 10.2 Å². The van der Waals surface area contributed by atoms with Crippen LogP contribution < -0.4 is 0 Å². The number of aliphatic hydroxyl groups excluding tert-OH is 2. The highest BCUT2D eigenvalue weighted by Crippen LogP contribution is 2.20. The maximum Gasteiger partial charge on any atom is 0.295 e. The molecule has 0 aliphatic rings. The average Bonchev–Trinajstić information content (AvgIpc) is 2.37. The van der Waals surface area contributed by atoms with Gasteiger partial charge in [-0.25, -0.2) is 0 Å². The fourth-order valence-corrected chi connectivity index (χ4v) is 2.32. The highest BCUT2D eigenvalue weighted by Gasteiger charge is 2.21. The van der Waals surface area contributed by atoms with Crippen LogP contribution in [0.2, 0.25) is 0 Å². The molecule has 0 aliphatic carbocycles. The van der Waals surface area contributed by atoms with Crippen molar-refractivity contribution in [2.45, 2.75) is 17.7 Å². The first-order chi connectivity index (χ1) is 9.31. The van der Waals surface area contributed by atoms with E-state index in [9.17, 15) is 18.0 Å². The third kappa shape index (κ3) is 3.94. The molecule has 0 amide bonds. The molecule has 1 aromatic rings. The van der Waals surface area contributed by atoms with Gasteiger partial charge in [0.15, 0.2) is 11.6 Å². The minimum Gasteiger partial charge on any atom is -0.396 e. The molecular weight excluding hydrogens is 288 g/mol. The summed E-state index contributed by atoms with van der Waals surface area (Å²) in [5.74, 6) is -1.17. The summed E-state index contributed by atoms with van der Waals surface area (Å²) in [4.78, 5) is 22.7. The van der Waals surface area contributed by atoms with Crippen LogP contribution in [0.15, 0.2) is 23.1 Å². The van der Waals surface area contributed by atoms with Gasteiger partial charge in [-0.05, 0) is 18.2 Å². The van der Waals surface area contributed by atoms with Crippen LogP contribution in [-0.2, 0) is 10.1 Å². The SMILES string of the molecule is O=C(CCO)c1ccc(S(=O)(=O)O)c(C(=O)CCO)c1. The van der Waals surface area contributed by atoms with E-state index in [1.165, 1.54) is 0 Å². The highest BCUT2D eigenvalue weighted by molar-refractivity contribution is 7.86. The van der Waals surface area contributed by atoms with Gasteiger partial charge >= 0.3 is 0 Å². The Labute approximate surface area is 115 Å². The van der Waals surface area contributed by atoms with Crippen molar-refractivity contribution in [3.63, 3.8) is 0 Å². The van der Waals surface area contributed by atoms with E-state index in [2.05, 4.69) is 0 Å². The van der Waals surface area contributed by atoms with Crippen LogP contribution in [0.4, 0.5) is 0 Å². The highest BCUT2D eigenvalue weighted by atomic mass is 32.2. The smallest absolute Gasteiger partial charge is 0.295 e. The quantitative estimate of drug-likeness (QED) is 0.480. The topological polar surface area (TPSA) is 129 Å². The molecular formula is C12H14O7S. The van der Waals surface area contributed by atoms with Crippen LogP contribution in [0.3, 0.4) is 0 Å². The number of benzene rings is 1. The van der Waals surface area contributed by atoms with Gasteiger partial charge in [-0.2, -0.15) is 8.42 Å². The van der Waals surface area contributed by atoms with E-state index in [1.807, 2.05) is 0 Å². The molecule has 3 N–H and O–H groups in total. The van der Waals surface area contributed by atoms with E-state index >= 15 is 0 Å². The number of Topliss-reactive ketones (excluding diaryl/α,β-unsaturated/α-hetero) is 2. The molecule has 0 radical (unpaired) electrons. The van der Waals surface area contributed by atoms with Crippen molar-refractivity contribution in [3.8, 4) is 0 Å². The molecule has 7 nitrogen and oxygen atoms in total. The Morgan fingerprint density at radius 2 is 1.55 bits per heavy atom. The molecule has 1 aromatic carbocycles. The summed E-state index contributed by atoms with van der Waals surface area (Å²) in [6, 6.07) is 3.14. The number of carbonyl (C=O) groups excluding carboxylic acids is 2. The molecule has 20 heavy (non-hydrogen) atoms. The van der Waals surface area contributed by atoms with Crippen molar-refractivity contribution in [2.24, 2.45) is 0 Å². The monoisotopic (exact) mass is 302 g/mol. The first kappa shape index (κ1) is 16.4. The third-order valence-corrected chi connectivity index (χ3v) is 3.47. The van der Waals surface area contributed by atoms with E-state index in [1.54, 1.807) is 0 Å². The van der Waals surface area contributed by atoms with Crippen molar-refractivity contribution in [1.82, 2.24) is 0 Å². The lowest BCUT2D eigenvalue weighted by Crippen LogP contribution is -2.12. The minimum atomic E-state index is -4.61. The standard InChI is InChI=1S/C12H14O7S/c13-5-3-10(15)8-1-2-12(20(17,18)19)9(7-8)11(16)4-6-14/h1-2,7,13-14H,3-6H2,(H,17,18,19).